The molecule has 2 heterocycles. The molecule has 5 nitrogen and oxygen atoms in total. The first-order valence-corrected chi connectivity index (χ1v) is 9.89. The van der Waals surface area contributed by atoms with Gasteiger partial charge in [0.25, 0.3) is 5.91 Å². The van der Waals surface area contributed by atoms with E-state index < -0.39 is 0 Å². The van der Waals surface area contributed by atoms with E-state index in [0.29, 0.717) is 18.9 Å². The van der Waals surface area contributed by atoms with E-state index in [-0.39, 0.29) is 5.91 Å². The van der Waals surface area contributed by atoms with Crippen LogP contribution in [0.3, 0.4) is 0 Å². The largest absolute Gasteiger partial charge is 0.494 e. The Bertz CT molecular complexity index is 753. The first-order valence-electron chi connectivity index (χ1n) is 9.89. The van der Waals surface area contributed by atoms with E-state index in [0.717, 1.165) is 41.3 Å². The normalized spacial score (nSPS) is 20.3. The van der Waals surface area contributed by atoms with Gasteiger partial charge in [0, 0.05) is 23.9 Å². The Hall–Kier alpha value is -2.01. The molecule has 1 fully saturated rings. The Labute approximate surface area is 155 Å². The van der Waals surface area contributed by atoms with Gasteiger partial charge in [-0.15, -0.1) is 0 Å². The van der Waals surface area contributed by atoms with Gasteiger partial charge >= 0.3 is 0 Å². The number of piperidine rings is 1. The number of fused-ring (bicyclic) bond motifs is 1. The van der Waals surface area contributed by atoms with E-state index in [1.807, 2.05) is 32.0 Å². The Kier molecular flexibility index (Phi) is 6.20. The minimum absolute atomic E-state index is 0.127. The minimum atomic E-state index is -0.127. The molecule has 0 aliphatic carbocycles. The van der Waals surface area contributed by atoms with Crippen LogP contribution in [0.5, 0.6) is 5.75 Å². The van der Waals surface area contributed by atoms with Crippen molar-refractivity contribution in [3.63, 3.8) is 0 Å². The molecule has 0 saturated carbocycles. The third-order valence-corrected chi connectivity index (χ3v) is 5.47. The van der Waals surface area contributed by atoms with Gasteiger partial charge in [0.1, 0.15) is 11.3 Å². The van der Waals surface area contributed by atoms with Crippen molar-refractivity contribution in [1.29, 1.82) is 0 Å². The van der Waals surface area contributed by atoms with E-state index in [2.05, 4.69) is 12.2 Å². The van der Waals surface area contributed by atoms with Crippen molar-refractivity contribution in [1.82, 2.24) is 5.32 Å². The molecule has 26 heavy (non-hydrogen) atoms. The number of ether oxygens (including phenoxy) is 1. The number of hydrogen-bond donors (Lipinski definition) is 2. The lowest BCUT2D eigenvalue weighted by Gasteiger charge is -2.30. The van der Waals surface area contributed by atoms with E-state index in [9.17, 15) is 4.79 Å². The number of furan rings is 1. The van der Waals surface area contributed by atoms with Crippen molar-refractivity contribution in [2.75, 3.05) is 26.2 Å². The first-order chi connectivity index (χ1) is 12.6. The molecule has 1 aromatic heterocycles. The Morgan fingerprint density at radius 2 is 2.23 bits per heavy atom. The zero-order chi connectivity index (χ0) is 18.5. The highest BCUT2D eigenvalue weighted by atomic mass is 16.5. The number of aryl methyl sites for hydroxylation is 1. The summed E-state index contributed by atoms with van der Waals surface area (Å²) in [6.07, 6.45) is 5.01. The summed E-state index contributed by atoms with van der Waals surface area (Å²) in [5.74, 6) is 1.08. The molecule has 0 radical (unpaired) electrons. The summed E-state index contributed by atoms with van der Waals surface area (Å²) in [5, 5.41) is 3.96. The molecule has 1 aromatic carbocycles. The van der Waals surface area contributed by atoms with Crippen LogP contribution in [0.1, 0.15) is 55.6 Å². The van der Waals surface area contributed by atoms with Crippen LogP contribution in [0.2, 0.25) is 0 Å². The maximum atomic E-state index is 12.5. The van der Waals surface area contributed by atoms with Crippen LogP contribution in [0.15, 0.2) is 22.6 Å². The second-order valence-corrected chi connectivity index (χ2v) is 7.31. The van der Waals surface area contributed by atoms with Gasteiger partial charge in [0.15, 0.2) is 5.76 Å². The highest BCUT2D eigenvalue weighted by molar-refractivity contribution is 5.99. The van der Waals surface area contributed by atoms with Gasteiger partial charge in [0.2, 0.25) is 0 Å². The fraction of sp³-hybridized carbons (Fsp3) is 0.571. The summed E-state index contributed by atoms with van der Waals surface area (Å²) >= 11 is 0. The summed E-state index contributed by atoms with van der Waals surface area (Å²) in [4.78, 5) is 14.2. The van der Waals surface area contributed by atoms with E-state index in [1.165, 1.54) is 25.8 Å². The predicted octanol–water partition coefficient (Wildman–Crippen LogP) is 2.72. The van der Waals surface area contributed by atoms with Crippen molar-refractivity contribution < 1.29 is 18.8 Å². The number of nitrogens with one attached hydrogen (secondary N) is 2. The number of likely N-dealkylation sites (tertiary alicyclic amines) is 1. The van der Waals surface area contributed by atoms with E-state index in [4.69, 9.17) is 9.15 Å². The van der Waals surface area contributed by atoms with Crippen molar-refractivity contribution in [2.45, 2.75) is 52.5 Å². The molecule has 5 heteroatoms. The summed E-state index contributed by atoms with van der Waals surface area (Å²) in [6.45, 7) is 9.91. The number of carbonyl (C=O) groups is 1. The average Bonchev–Trinajstić information content (AvgIpc) is 2.97. The molecule has 1 unspecified atom stereocenters. The molecule has 3 rings (SSSR count). The SMILES string of the molecule is CCOc1ccc2oc(C(=O)NCCC[NH+]3CCCC[C@H]3C)c(C)c2c1. The number of quaternary nitrogens is 1. The van der Waals surface area contributed by atoms with Crippen molar-refractivity contribution in [3.05, 3.63) is 29.5 Å². The molecule has 142 valence electrons. The third kappa shape index (κ3) is 4.21. The zero-order valence-electron chi connectivity index (χ0n) is 16.2. The van der Waals surface area contributed by atoms with Crippen LogP contribution >= 0.6 is 0 Å². The van der Waals surface area contributed by atoms with Gasteiger partial charge in [-0.25, -0.2) is 0 Å². The van der Waals surface area contributed by atoms with Gasteiger partial charge in [-0.05, 0) is 58.2 Å². The van der Waals surface area contributed by atoms with Gasteiger partial charge in [0.05, 0.1) is 25.7 Å². The third-order valence-electron chi connectivity index (χ3n) is 5.47. The average molecular weight is 359 g/mol. The molecule has 2 N–H and O–H groups in total. The van der Waals surface area contributed by atoms with Gasteiger partial charge in [-0.3, -0.25) is 4.79 Å². The summed E-state index contributed by atoms with van der Waals surface area (Å²) in [5.41, 5.74) is 1.59. The lowest BCUT2D eigenvalue weighted by Crippen LogP contribution is -3.16. The molecule has 1 saturated heterocycles. The Morgan fingerprint density at radius 3 is 3.00 bits per heavy atom. The van der Waals surface area contributed by atoms with Crippen LogP contribution in [0, 0.1) is 6.92 Å². The van der Waals surface area contributed by atoms with Crippen molar-refractivity contribution in [3.8, 4) is 5.75 Å². The number of rotatable bonds is 7. The molecule has 1 aliphatic heterocycles. The molecular formula is C21H31N2O3+. The molecular weight excluding hydrogens is 328 g/mol. The highest BCUT2D eigenvalue weighted by Crippen LogP contribution is 2.28. The standard InChI is InChI=1S/C21H30N2O3/c1-4-25-17-9-10-19-18(14-17)16(3)20(26-19)21(24)22-11-7-13-23-12-6-5-8-15(23)2/h9-10,14-15H,4-8,11-13H2,1-3H3,(H,22,24)/p+1/t15-/m1/s1. The topological polar surface area (TPSA) is 55.9 Å². The number of hydrogen-bond acceptors (Lipinski definition) is 3. The Morgan fingerprint density at radius 1 is 1.38 bits per heavy atom. The van der Waals surface area contributed by atoms with Crippen LogP contribution in [-0.2, 0) is 0 Å². The van der Waals surface area contributed by atoms with Gasteiger partial charge in [-0.1, -0.05) is 0 Å². The summed E-state index contributed by atoms with van der Waals surface area (Å²) < 4.78 is 11.3. The molecule has 2 aromatic rings. The maximum absolute atomic E-state index is 12.5. The predicted molar refractivity (Wildman–Crippen MR) is 103 cm³/mol. The zero-order valence-corrected chi connectivity index (χ0v) is 16.2. The van der Waals surface area contributed by atoms with Gasteiger partial charge in [-0.2, -0.15) is 0 Å². The van der Waals surface area contributed by atoms with Crippen LogP contribution in [-0.4, -0.2) is 38.2 Å². The second kappa shape index (κ2) is 8.58. The molecule has 1 amide bonds. The number of benzene rings is 1. The Balaban J connectivity index is 1.56. The lowest BCUT2D eigenvalue weighted by atomic mass is 10.0. The summed E-state index contributed by atoms with van der Waals surface area (Å²) in [7, 11) is 0. The quantitative estimate of drug-likeness (QED) is 0.748. The van der Waals surface area contributed by atoms with E-state index in [1.54, 1.807) is 4.90 Å². The van der Waals surface area contributed by atoms with Gasteiger partial charge < -0.3 is 19.4 Å². The maximum Gasteiger partial charge on any atom is 0.287 e. The van der Waals surface area contributed by atoms with Crippen molar-refractivity contribution in [2.24, 2.45) is 0 Å². The van der Waals surface area contributed by atoms with Crippen LogP contribution < -0.4 is 15.0 Å². The lowest BCUT2D eigenvalue weighted by molar-refractivity contribution is -0.928. The molecule has 0 spiro atoms. The fourth-order valence-electron chi connectivity index (χ4n) is 3.90. The smallest absolute Gasteiger partial charge is 0.287 e. The second-order valence-electron chi connectivity index (χ2n) is 7.31. The minimum Gasteiger partial charge on any atom is -0.494 e. The van der Waals surface area contributed by atoms with Crippen LogP contribution in [0.4, 0.5) is 0 Å². The van der Waals surface area contributed by atoms with E-state index >= 15 is 0 Å². The fourth-order valence-corrected chi connectivity index (χ4v) is 3.90. The number of amides is 1. The first kappa shape index (κ1) is 18.8. The highest BCUT2D eigenvalue weighted by Gasteiger charge is 2.21. The summed E-state index contributed by atoms with van der Waals surface area (Å²) in [6, 6.07) is 6.43. The monoisotopic (exact) mass is 359 g/mol. The number of carbonyl (C=O) groups excluding carboxylic acids is 1. The molecule has 1 aliphatic rings. The molecule has 2 atom stereocenters. The van der Waals surface area contributed by atoms with Crippen LogP contribution in [0.25, 0.3) is 11.0 Å². The molecule has 0 bridgehead atoms. The van der Waals surface area contributed by atoms with Crippen molar-refractivity contribution >= 4 is 16.9 Å².